The summed E-state index contributed by atoms with van der Waals surface area (Å²) < 4.78 is 4.79. The van der Waals surface area contributed by atoms with Crippen LogP contribution in [-0.2, 0) is 0 Å². The second-order valence-electron chi connectivity index (χ2n) is 5.20. The third-order valence-electron chi connectivity index (χ3n) is 3.99. The molecule has 0 amide bonds. The highest BCUT2D eigenvalue weighted by Gasteiger charge is 2.24. The number of piperidine rings is 1. The minimum absolute atomic E-state index is 0.234. The fraction of sp³-hybridized carbons (Fsp3) is 0.538. The Labute approximate surface area is 111 Å². The molecule has 1 saturated heterocycles. The Morgan fingerprint density at radius 3 is 2.68 bits per heavy atom. The van der Waals surface area contributed by atoms with Crippen molar-refractivity contribution in [3.63, 3.8) is 0 Å². The zero-order chi connectivity index (χ0) is 13.4. The van der Waals surface area contributed by atoms with Crippen molar-refractivity contribution >= 4 is 22.4 Å². The second-order valence-corrected chi connectivity index (χ2v) is 5.20. The quantitative estimate of drug-likeness (QED) is 0.795. The number of hydrogen-bond acceptors (Lipinski definition) is 6. The topological polar surface area (TPSA) is 88.4 Å². The van der Waals surface area contributed by atoms with E-state index in [2.05, 4.69) is 15.2 Å². The largest absolute Gasteiger partial charge is 0.397 e. The van der Waals surface area contributed by atoms with Crippen LogP contribution in [0.1, 0.15) is 19.8 Å². The van der Waals surface area contributed by atoms with E-state index < -0.39 is 0 Å². The molecule has 6 heteroatoms. The van der Waals surface area contributed by atoms with E-state index in [0.29, 0.717) is 17.1 Å². The standard InChI is InChI=1S/C13H18N4O2/c1-8(18)9-4-6-17(7-5-9)11-3-2-10(14)12-13(11)16-19-15-12/h2-3,8-9,18H,4-7,14H2,1H3. The van der Waals surface area contributed by atoms with Gasteiger partial charge in [-0.1, -0.05) is 0 Å². The lowest BCUT2D eigenvalue weighted by Crippen LogP contribution is -2.37. The lowest BCUT2D eigenvalue weighted by molar-refractivity contribution is 0.110. The molecule has 1 atom stereocenters. The molecule has 1 unspecified atom stereocenters. The van der Waals surface area contributed by atoms with Gasteiger partial charge in [0.1, 0.15) is 0 Å². The number of nitrogens with zero attached hydrogens (tertiary/aromatic N) is 3. The van der Waals surface area contributed by atoms with E-state index in [4.69, 9.17) is 10.4 Å². The van der Waals surface area contributed by atoms with E-state index >= 15 is 0 Å². The molecule has 19 heavy (non-hydrogen) atoms. The molecule has 0 saturated carbocycles. The lowest BCUT2D eigenvalue weighted by atomic mass is 9.92. The molecule has 1 aromatic heterocycles. The molecule has 0 spiro atoms. The summed E-state index contributed by atoms with van der Waals surface area (Å²) in [6, 6.07) is 3.80. The Kier molecular flexibility index (Phi) is 3.02. The number of anilines is 2. The van der Waals surface area contributed by atoms with Crippen LogP contribution in [0, 0.1) is 5.92 Å². The zero-order valence-electron chi connectivity index (χ0n) is 10.9. The molecule has 3 rings (SSSR count). The van der Waals surface area contributed by atoms with E-state index in [9.17, 15) is 5.11 Å². The Morgan fingerprint density at radius 1 is 1.32 bits per heavy atom. The number of hydrogen-bond donors (Lipinski definition) is 2. The van der Waals surface area contributed by atoms with Crippen molar-refractivity contribution in [3.8, 4) is 0 Å². The van der Waals surface area contributed by atoms with Gasteiger partial charge in [-0.15, -0.1) is 0 Å². The first-order chi connectivity index (χ1) is 9.16. The molecule has 0 bridgehead atoms. The number of benzene rings is 1. The van der Waals surface area contributed by atoms with Crippen molar-refractivity contribution in [1.82, 2.24) is 10.3 Å². The van der Waals surface area contributed by atoms with Crippen LogP contribution in [0.2, 0.25) is 0 Å². The highest BCUT2D eigenvalue weighted by atomic mass is 16.6. The first kappa shape index (κ1) is 12.2. The molecule has 1 aromatic carbocycles. The SMILES string of the molecule is CC(O)C1CCN(c2ccc(N)c3nonc23)CC1. The molecule has 3 N–H and O–H groups in total. The van der Waals surface area contributed by atoms with Crippen molar-refractivity contribution in [2.45, 2.75) is 25.9 Å². The molecule has 1 aliphatic rings. The van der Waals surface area contributed by atoms with Crippen LogP contribution in [0.25, 0.3) is 11.0 Å². The Hall–Kier alpha value is -1.82. The molecule has 1 fully saturated rings. The number of aromatic nitrogens is 2. The van der Waals surface area contributed by atoms with Crippen molar-refractivity contribution in [3.05, 3.63) is 12.1 Å². The predicted octanol–water partition coefficient (Wildman–Crippen LogP) is 1.40. The average molecular weight is 262 g/mol. The molecule has 2 aromatic rings. The first-order valence-electron chi connectivity index (χ1n) is 6.60. The molecule has 2 heterocycles. The van der Waals surface area contributed by atoms with Crippen molar-refractivity contribution < 1.29 is 9.74 Å². The number of aliphatic hydroxyl groups excluding tert-OH is 1. The number of rotatable bonds is 2. The van der Waals surface area contributed by atoms with Crippen molar-refractivity contribution in [2.24, 2.45) is 5.92 Å². The van der Waals surface area contributed by atoms with E-state index in [1.54, 1.807) is 0 Å². The highest BCUT2D eigenvalue weighted by Crippen LogP contribution is 2.31. The Balaban J connectivity index is 1.86. The van der Waals surface area contributed by atoms with Gasteiger partial charge < -0.3 is 15.7 Å². The summed E-state index contributed by atoms with van der Waals surface area (Å²) in [6.45, 7) is 3.67. The number of nitrogen functional groups attached to an aromatic ring is 1. The molecule has 102 valence electrons. The van der Waals surface area contributed by atoms with Gasteiger partial charge in [0.15, 0.2) is 11.0 Å². The van der Waals surface area contributed by atoms with Gasteiger partial charge >= 0.3 is 0 Å². The molecular formula is C13H18N4O2. The van der Waals surface area contributed by atoms with Crippen LogP contribution in [0.4, 0.5) is 11.4 Å². The Morgan fingerprint density at radius 2 is 2.00 bits per heavy atom. The minimum Gasteiger partial charge on any atom is -0.397 e. The maximum absolute atomic E-state index is 9.64. The smallest absolute Gasteiger partial charge is 0.160 e. The van der Waals surface area contributed by atoms with Gasteiger partial charge in [-0.05, 0) is 48.1 Å². The minimum atomic E-state index is -0.234. The lowest BCUT2D eigenvalue weighted by Gasteiger charge is -2.34. The summed E-state index contributed by atoms with van der Waals surface area (Å²) in [7, 11) is 0. The summed E-state index contributed by atoms with van der Waals surface area (Å²) in [5.41, 5.74) is 8.78. The van der Waals surface area contributed by atoms with Crippen LogP contribution in [0.3, 0.4) is 0 Å². The fourth-order valence-corrected chi connectivity index (χ4v) is 2.75. The normalized spacial score (nSPS) is 18.9. The summed E-state index contributed by atoms with van der Waals surface area (Å²) in [4.78, 5) is 2.25. The summed E-state index contributed by atoms with van der Waals surface area (Å²) in [5, 5.41) is 17.4. The van der Waals surface area contributed by atoms with E-state index in [-0.39, 0.29) is 6.10 Å². The predicted molar refractivity (Wildman–Crippen MR) is 72.8 cm³/mol. The van der Waals surface area contributed by atoms with Crippen molar-refractivity contribution in [1.29, 1.82) is 0 Å². The third-order valence-corrected chi connectivity index (χ3v) is 3.99. The van der Waals surface area contributed by atoms with Crippen LogP contribution < -0.4 is 10.6 Å². The Bertz CT molecular complexity index is 573. The highest BCUT2D eigenvalue weighted by molar-refractivity contribution is 5.95. The van der Waals surface area contributed by atoms with Gasteiger partial charge in [-0.25, -0.2) is 4.63 Å². The maximum Gasteiger partial charge on any atom is 0.160 e. The third kappa shape index (κ3) is 2.12. The van der Waals surface area contributed by atoms with Gasteiger partial charge in [-0.2, -0.15) is 0 Å². The first-order valence-corrected chi connectivity index (χ1v) is 6.60. The molecule has 1 aliphatic heterocycles. The number of aliphatic hydroxyl groups is 1. The molecule has 0 aliphatic carbocycles. The van der Waals surface area contributed by atoms with Gasteiger partial charge in [0, 0.05) is 13.1 Å². The van der Waals surface area contributed by atoms with Gasteiger partial charge in [0.05, 0.1) is 17.5 Å². The molecule has 6 nitrogen and oxygen atoms in total. The maximum atomic E-state index is 9.64. The summed E-state index contributed by atoms with van der Waals surface area (Å²) >= 11 is 0. The van der Waals surface area contributed by atoms with Crippen LogP contribution in [-0.4, -0.2) is 34.6 Å². The van der Waals surface area contributed by atoms with Gasteiger partial charge in [-0.3, -0.25) is 0 Å². The van der Waals surface area contributed by atoms with Gasteiger partial charge in [0.25, 0.3) is 0 Å². The monoisotopic (exact) mass is 262 g/mol. The van der Waals surface area contributed by atoms with Crippen LogP contribution in [0.5, 0.6) is 0 Å². The number of nitrogens with two attached hydrogens (primary N) is 1. The van der Waals surface area contributed by atoms with E-state index in [0.717, 1.165) is 37.1 Å². The molecule has 0 radical (unpaired) electrons. The van der Waals surface area contributed by atoms with E-state index in [1.165, 1.54) is 0 Å². The van der Waals surface area contributed by atoms with Gasteiger partial charge in [0.2, 0.25) is 0 Å². The average Bonchev–Trinajstić information content (AvgIpc) is 2.89. The summed E-state index contributed by atoms with van der Waals surface area (Å²) in [5.74, 6) is 0.385. The van der Waals surface area contributed by atoms with E-state index in [1.807, 2.05) is 19.1 Å². The zero-order valence-corrected chi connectivity index (χ0v) is 10.9. The summed E-state index contributed by atoms with van der Waals surface area (Å²) in [6.07, 6.45) is 1.73. The second kappa shape index (κ2) is 4.70. The molecular weight excluding hydrogens is 244 g/mol. The van der Waals surface area contributed by atoms with Crippen molar-refractivity contribution in [2.75, 3.05) is 23.7 Å². The van der Waals surface area contributed by atoms with Crippen LogP contribution in [0.15, 0.2) is 16.8 Å². The fourth-order valence-electron chi connectivity index (χ4n) is 2.75. The number of fused-ring (bicyclic) bond motifs is 1. The van der Waals surface area contributed by atoms with Crippen LogP contribution >= 0.6 is 0 Å².